The Balaban J connectivity index is 0. The number of rotatable bonds is 9. The Morgan fingerprint density at radius 3 is 2.20 bits per heavy atom. The van der Waals surface area contributed by atoms with Crippen LogP contribution in [0.25, 0.3) is 0 Å². The molecular weight excluding hydrogens is 292 g/mol. The first-order chi connectivity index (χ1) is 8.97. The number of carbonyl (C=O) groups excluding carboxylic acids is 2. The monoisotopic (exact) mass is 312 g/mol. The molecule has 110 valence electrons. The maximum atomic E-state index is 11.2. The predicted octanol–water partition coefficient (Wildman–Crippen LogP) is 0.544. The fraction of sp³-hybridized carbons (Fsp3) is 0.462. The molecule has 0 saturated carbocycles. The van der Waals surface area contributed by atoms with E-state index in [1.165, 1.54) is 6.08 Å². The molecule has 0 bridgehead atoms. The zero-order valence-corrected chi connectivity index (χ0v) is 10.9. The molecular formula is C13H20CaO6. The number of hydrogen-bond acceptors (Lipinski definition) is 5. The molecule has 0 aromatic rings. The normalized spacial score (nSPS) is 9.65. The molecule has 0 atom stereocenters. The van der Waals surface area contributed by atoms with E-state index in [0.717, 1.165) is 0 Å². The van der Waals surface area contributed by atoms with Gasteiger partial charge in [-0.15, -0.1) is 0 Å². The van der Waals surface area contributed by atoms with Crippen molar-refractivity contribution in [1.29, 1.82) is 0 Å². The van der Waals surface area contributed by atoms with Gasteiger partial charge in [0.05, 0.1) is 19.6 Å². The van der Waals surface area contributed by atoms with Crippen LogP contribution in [0.1, 0.15) is 26.2 Å². The Bertz CT molecular complexity index is 375. The quantitative estimate of drug-likeness (QED) is 0.289. The number of hydrogen-bond donors (Lipinski definition) is 1. The third kappa shape index (κ3) is 12.2. The molecule has 0 aromatic heterocycles. The summed E-state index contributed by atoms with van der Waals surface area (Å²) >= 11 is 0. The molecule has 0 heterocycles. The van der Waals surface area contributed by atoms with E-state index in [0.29, 0.717) is 12.8 Å². The summed E-state index contributed by atoms with van der Waals surface area (Å²) in [7, 11) is 0. The van der Waals surface area contributed by atoms with Crippen molar-refractivity contribution in [1.82, 2.24) is 0 Å². The second-order valence-electron chi connectivity index (χ2n) is 3.68. The molecule has 0 aliphatic rings. The van der Waals surface area contributed by atoms with Crippen molar-refractivity contribution in [2.75, 3.05) is 13.2 Å². The standard InChI is InChI=1S/C13H18O6.Ca.2H/c1-3-6-12(16)18-7-4-5-8-19-13(17)10(2)9-11(14)15;;;/h3,6H,2,4-5,7-9H2,1H3,(H,14,15);;;. The summed E-state index contributed by atoms with van der Waals surface area (Å²) in [6.45, 7) is 5.42. The van der Waals surface area contributed by atoms with Gasteiger partial charge in [-0.2, -0.15) is 0 Å². The number of carboxylic acids is 1. The molecule has 7 heteroatoms. The van der Waals surface area contributed by atoms with Gasteiger partial charge in [0.1, 0.15) is 0 Å². The van der Waals surface area contributed by atoms with Gasteiger partial charge in [0.2, 0.25) is 0 Å². The van der Waals surface area contributed by atoms with Gasteiger partial charge >= 0.3 is 55.6 Å². The number of carbonyl (C=O) groups is 3. The SMILES string of the molecule is C=C(CC(=O)O)C(=O)OCCCCOC(=O)C=CC.[CaH2]. The minimum absolute atomic E-state index is 0. The topological polar surface area (TPSA) is 89.9 Å². The van der Waals surface area contributed by atoms with Gasteiger partial charge in [0.25, 0.3) is 0 Å². The van der Waals surface area contributed by atoms with Crippen molar-refractivity contribution in [3.63, 3.8) is 0 Å². The van der Waals surface area contributed by atoms with E-state index in [9.17, 15) is 14.4 Å². The molecule has 0 rings (SSSR count). The summed E-state index contributed by atoms with van der Waals surface area (Å²) in [5, 5.41) is 8.45. The molecule has 0 fully saturated rings. The third-order valence-electron chi connectivity index (χ3n) is 1.97. The van der Waals surface area contributed by atoms with Gasteiger partial charge in [-0.1, -0.05) is 12.7 Å². The summed E-state index contributed by atoms with van der Waals surface area (Å²) in [6, 6.07) is 0. The number of aliphatic carboxylic acids is 1. The second kappa shape index (κ2) is 13.1. The molecule has 0 radical (unpaired) electrons. The van der Waals surface area contributed by atoms with E-state index in [1.807, 2.05) is 0 Å². The van der Waals surface area contributed by atoms with Gasteiger partial charge in [0.15, 0.2) is 0 Å². The predicted molar refractivity (Wildman–Crippen MR) is 75.9 cm³/mol. The number of unbranched alkanes of at least 4 members (excludes halogenated alkanes) is 1. The molecule has 0 amide bonds. The van der Waals surface area contributed by atoms with Crippen LogP contribution in [0, 0.1) is 0 Å². The molecule has 0 aliphatic carbocycles. The summed E-state index contributed by atoms with van der Waals surface area (Å²) < 4.78 is 9.63. The van der Waals surface area contributed by atoms with Crippen molar-refractivity contribution in [2.24, 2.45) is 0 Å². The van der Waals surface area contributed by atoms with Crippen molar-refractivity contribution in [2.45, 2.75) is 26.2 Å². The van der Waals surface area contributed by atoms with Crippen molar-refractivity contribution < 1.29 is 29.0 Å². The second-order valence-corrected chi connectivity index (χ2v) is 3.68. The number of ether oxygens (including phenoxy) is 2. The first-order valence-electron chi connectivity index (χ1n) is 5.83. The number of carboxylic acid groups (broad SMARTS) is 1. The Morgan fingerprint density at radius 2 is 1.70 bits per heavy atom. The van der Waals surface area contributed by atoms with E-state index in [-0.39, 0.29) is 56.5 Å². The van der Waals surface area contributed by atoms with Crippen LogP contribution in [0.2, 0.25) is 0 Å². The van der Waals surface area contributed by atoms with Crippen LogP contribution in [0.3, 0.4) is 0 Å². The van der Waals surface area contributed by atoms with Crippen LogP contribution >= 0.6 is 0 Å². The van der Waals surface area contributed by atoms with Crippen LogP contribution in [0.5, 0.6) is 0 Å². The molecule has 0 saturated heterocycles. The van der Waals surface area contributed by atoms with Crippen molar-refractivity contribution in [3.05, 3.63) is 24.3 Å². The van der Waals surface area contributed by atoms with Crippen LogP contribution in [-0.2, 0) is 23.9 Å². The molecule has 1 N–H and O–H groups in total. The zero-order chi connectivity index (χ0) is 14.7. The maximum absolute atomic E-state index is 11.2. The Morgan fingerprint density at radius 1 is 1.15 bits per heavy atom. The van der Waals surface area contributed by atoms with Crippen LogP contribution in [0.4, 0.5) is 0 Å². The van der Waals surface area contributed by atoms with E-state index >= 15 is 0 Å². The van der Waals surface area contributed by atoms with Gasteiger partial charge in [-0.05, 0) is 19.8 Å². The summed E-state index contributed by atoms with van der Waals surface area (Å²) in [6.07, 6.45) is 3.55. The fourth-order valence-electron chi connectivity index (χ4n) is 1.08. The van der Waals surface area contributed by atoms with Crippen LogP contribution in [-0.4, -0.2) is 74.0 Å². The zero-order valence-electron chi connectivity index (χ0n) is 10.9. The molecule has 6 nitrogen and oxygen atoms in total. The summed E-state index contributed by atoms with van der Waals surface area (Å²) in [5.41, 5.74) is -0.0907. The number of esters is 2. The molecule has 0 aromatic carbocycles. The number of allylic oxidation sites excluding steroid dienone is 1. The van der Waals surface area contributed by atoms with Crippen LogP contribution in [0.15, 0.2) is 24.3 Å². The summed E-state index contributed by atoms with van der Waals surface area (Å²) in [5.74, 6) is -2.25. The molecule has 0 spiro atoms. The molecule has 0 aliphatic heterocycles. The third-order valence-corrected chi connectivity index (χ3v) is 1.97. The molecule has 0 unspecified atom stereocenters. The van der Waals surface area contributed by atoms with E-state index in [4.69, 9.17) is 14.6 Å². The Hall–Kier alpha value is -0.850. The van der Waals surface area contributed by atoms with Crippen molar-refractivity contribution in [3.8, 4) is 0 Å². The summed E-state index contributed by atoms with van der Waals surface area (Å²) in [4.78, 5) is 32.5. The van der Waals surface area contributed by atoms with Gasteiger partial charge in [0, 0.05) is 11.6 Å². The van der Waals surface area contributed by atoms with Gasteiger partial charge in [-0.3, -0.25) is 4.79 Å². The average Bonchev–Trinajstić information content (AvgIpc) is 2.32. The van der Waals surface area contributed by atoms with Crippen LogP contribution < -0.4 is 0 Å². The van der Waals surface area contributed by atoms with Gasteiger partial charge < -0.3 is 14.6 Å². The first-order valence-corrected chi connectivity index (χ1v) is 5.83. The van der Waals surface area contributed by atoms with Crippen molar-refractivity contribution >= 4 is 55.6 Å². The van der Waals surface area contributed by atoms with E-state index in [2.05, 4.69) is 6.58 Å². The fourth-order valence-corrected chi connectivity index (χ4v) is 1.08. The molecule has 20 heavy (non-hydrogen) atoms. The van der Waals surface area contributed by atoms with E-state index < -0.39 is 24.3 Å². The average molecular weight is 312 g/mol. The Kier molecular flexibility index (Phi) is 14.1. The Labute approximate surface area is 147 Å². The minimum atomic E-state index is -1.13. The van der Waals surface area contributed by atoms with Gasteiger partial charge in [-0.25, -0.2) is 9.59 Å². The van der Waals surface area contributed by atoms with E-state index in [1.54, 1.807) is 13.0 Å². The first kappa shape index (κ1) is 21.4.